The molecule has 1 fully saturated rings. The first-order valence-corrected chi connectivity index (χ1v) is 15.6. The topological polar surface area (TPSA) is 98.2 Å². The summed E-state index contributed by atoms with van der Waals surface area (Å²) < 4.78 is 18.3. The van der Waals surface area contributed by atoms with Crippen LogP contribution >= 0.6 is 22.9 Å². The van der Waals surface area contributed by atoms with Crippen molar-refractivity contribution in [3.8, 4) is 17.2 Å². The van der Waals surface area contributed by atoms with Crippen molar-refractivity contribution in [2.24, 2.45) is 0 Å². The molecule has 224 valence electrons. The first kappa shape index (κ1) is 30.4. The summed E-state index contributed by atoms with van der Waals surface area (Å²) in [6.07, 6.45) is 2.72. The number of fused-ring (bicyclic) bond motifs is 1. The van der Waals surface area contributed by atoms with Gasteiger partial charge in [0.1, 0.15) is 11.5 Å². The van der Waals surface area contributed by atoms with Crippen molar-refractivity contribution in [2.45, 2.75) is 46.1 Å². The Morgan fingerprint density at radius 1 is 0.930 bits per heavy atom. The highest BCUT2D eigenvalue weighted by Crippen LogP contribution is 2.46. The summed E-state index contributed by atoms with van der Waals surface area (Å²) >= 11 is 7.46. The van der Waals surface area contributed by atoms with E-state index in [2.05, 4.69) is 11.9 Å². The fourth-order valence-electron chi connectivity index (χ4n) is 4.83. The number of anilines is 1. The number of benzene rings is 3. The Morgan fingerprint density at radius 2 is 1.72 bits per heavy atom. The molecule has 43 heavy (non-hydrogen) atoms. The minimum Gasteiger partial charge on any atom is -0.507 e. The average Bonchev–Trinajstić information content (AvgIpc) is 3.54. The van der Waals surface area contributed by atoms with Crippen molar-refractivity contribution >= 4 is 55.7 Å². The quantitative estimate of drug-likeness (QED) is 0.0743. The fourth-order valence-corrected chi connectivity index (χ4v) is 6.10. The number of carbonyl (C=O) groups excluding carboxylic acids is 2. The number of ketones is 1. The van der Waals surface area contributed by atoms with Crippen LogP contribution < -0.4 is 19.1 Å². The summed E-state index contributed by atoms with van der Waals surface area (Å²) in [5.41, 5.74) is 1.54. The summed E-state index contributed by atoms with van der Waals surface area (Å²) in [5, 5.41) is 12.4. The minimum atomic E-state index is -0.976. The zero-order valence-corrected chi connectivity index (χ0v) is 25.8. The van der Waals surface area contributed by atoms with Gasteiger partial charge in [0.15, 0.2) is 16.6 Å². The van der Waals surface area contributed by atoms with E-state index in [0.717, 1.165) is 24.0 Å². The van der Waals surface area contributed by atoms with Gasteiger partial charge in [0.2, 0.25) is 0 Å². The van der Waals surface area contributed by atoms with Crippen LogP contribution in [0, 0.1) is 0 Å². The van der Waals surface area contributed by atoms with Gasteiger partial charge in [-0.25, -0.2) is 4.98 Å². The Kier molecular flexibility index (Phi) is 9.52. The molecule has 1 atom stereocenters. The van der Waals surface area contributed by atoms with E-state index in [-0.39, 0.29) is 11.3 Å². The number of rotatable bonds is 12. The molecule has 1 aromatic heterocycles. The summed E-state index contributed by atoms with van der Waals surface area (Å²) in [4.78, 5) is 33.4. The number of halogens is 1. The van der Waals surface area contributed by atoms with E-state index in [1.54, 1.807) is 60.7 Å². The lowest BCUT2D eigenvalue weighted by Gasteiger charge is -2.24. The third kappa shape index (κ3) is 6.33. The number of amides is 1. The molecule has 0 saturated carbocycles. The maximum absolute atomic E-state index is 13.7. The van der Waals surface area contributed by atoms with Gasteiger partial charge in [0.25, 0.3) is 5.78 Å². The molecule has 1 unspecified atom stereocenters. The molecule has 3 aromatic carbocycles. The molecule has 10 heteroatoms. The van der Waals surface area contributed by atoms with Gasteiger partial charge in [-0.2, -0.15) is 0 Å². The molecule has 0 bridgehead atoms. The van der Waals surface area contributed by atoms with Crippen molar-refractivity contribution in [2.75, 3.05) is 24.7 Å². The van der Waals surface area contributed by atoms with Crippen molar-refractivity contribution < 1.29 is 28.9 Å². The normalized spacial score (nSPS) is 16.2. The maximum atomic E-state index is 13.7. The highest BCUT2D eigenvalue weighted by atomic mass is 35.5. The third-order valence-corrected chi connectivity index (χ3v) is 8.18. The average molecular weight is 621 g/mol. The van der Waals surface area contributed by atoms with Crippen LogP contribution in [0.25, 0.3) is 16.0 Å². The molecule has 1 N–H and O–H groups in total. The molecule has 2 heterocycles. The standard InChI is InChI=1S/C33H33ClN2O6S/c1-4-7-17-42-25-15-10-21(18-26(25)40-6-3)29-28(30(37)20-8-12-23(13-9-20)41-16-5-2)31(38)32(39)36(29)33-35-24-14-11-22(34)19-27(24)43-33/h8-15,18-19,29,37H,4-7,16-17H2,1-3H3/b30-28+. The number of unbranched alkanes of at least 4 members (excludes halogenated alkanes) is 1. The molecule has 1 aliphatic heterocycles. The van der Waals surface area contributed by atoms with E-state index in [4.69, 9.17) is 25.8 Å². The Bertz CT molecular complexity index is 1670. The number of aromatic nitrogens is 1. The number of Topliss-reactive ketones (excluding diaryl/α,β-unsaturated/α-hetero) is 1. The summed E-state index contributed by atoms with van der Waals surface area (Å²) in [6.45, 7) is 7.44. The van der Waals surface area contributed by atoms with Crippen molar-refractivity contribution in [3.05, 3.63) is 82.4 Å². The Labute approximate surface area is 259 Å². The monoisotopic (exact) mass is 620 g/mol. The lowest BCUT2D eigenvalue weighted by molar-refractivity contribution is -0.132. The molecular weight excluding hydrogens is 588 g/mol. The molecule has 1 amide bonds. The van der Waals surface area contributed by atoms with Crippen LogP contribution in [-0.2, 0) is 9.59 Å². The Morgan fingerprint density at radius 3 is 2.44 bits per heavy atom. The number of nitrogens with zero attached hydrogens (tertiary/aromatic N) is 2. The van der Waals surface area contributed by atoms with Crippen molar-refractivity contribution in [1.29, 1.82) is 0 Å². The predicted molar refractivity (Wildman–Crippen MR) is 170 cm³/mol. The van der Waals surface area contributed by atoms with Gasteiger partial charge in [-0.15, -0.1) is 0 Å². The molecule has 0 aliphatic carbocycles. The molecule has 8 nitrogen and oxygen atoms in total. The van der Waals surface area contributed by atoms with E-state index < -0.39 is 17.7 Å². The van der Waals surface area contributed by atoms with Gasteiger partial charge < -0.3 is 19.3 Å². The van der Waals surface area contributed by atoms with Gasteiger partial charge in [-0.1, -0.05) is 49.3 Å². The Balaban J connectivity index is 1.65. The van der Waals surface area contributed by atoms with E-state index >= 15 is 0 Å². The smallest absolute Gasteiger partial charge is 0.301 e. The van der Waals surface area contributed by atoms with Crippen molar-refractivity contribution in [1.82, 2.24) is 4.98 Å². The molecular formula is C33H33ClN2O6S. The molecule has 0 radical (unpaired) electrons. The van der Waals surface area contributed by atoms with Crippen LogP contribution in [0.1, 0.15) is 57.2 Å². The van der Waals surface area contributed by atoms with Crippen LogP contribution in [0.3, 0.4) is 0 Å². The zero-order valence-electron chi connectivity index (χ0n) is 24.3. The van der Waals surface area contributed by atoms with Gasteiger partial charge in [0, 0.05) is 10.6 Å². The van der Waals surface area contributed by atoms with Crippen LogP contribution in [0.4, 0.5) is 5.13 Å². The highest BCUT2D eigenvalue weighted by molar-refractivity contribution is 7.22. The lowest BCUT2D eigenvalue weighted by Crippen LogP contribution is -2.29. The number of hydrogen-bond donors (Lipinski definition) is 1. The number of aliphatic hydroxyl groups is 1. The molecule has 1 saturated heterocycles. The van der Waals surface area contributed by atoms with Gasteiger partial charge in [0.05, 0.1) is 41.7 Å². The first-order valence-electron chi connectivity index (χ1n) is 14.4. The molecule has 1 aliphatic rings. The first-order chi connectivity index (χ1) is 20.9. The largest absolute Gasteiger partial charge is 0.507 e. The summed E-state index contributed by atoms with van der Waals surface area (Å²) in [5.74, 6) is -0.210. The van der Waals surface area contributed by atoms with Crippen LogP contribution in [0.5, 0.6) is 17.2 Å². The van der Waals surface area contributed by atoms with Crippen molar-refractivity contribution in [3.63, 3.8) is 0 Å². The Hall–Kier alpha value is -4.08. The van der Waals surface area contributed by atoms with Crippen LogP contribution in [-0.4, -0.2) is 41.6 Å². The third-order valence-electron chi connectivity index (χ3n) is 6.93. The number of ether oxygens (including phenoxy) is 3. The molecule has 5 rings (SSSR count). The zero-order chi connectivity index (χ0) is 30.5. The summed E-state index contributed by atoms with van der Waals surface area (Å²) in [6, 6.07) is 16.4. The van der Waals surface area contributed by atoms with E-state index in [1.807, 2.05) is 13.8 Å². The van der Waals surface area contributed by atoms with Crippen LogP contribution in [0.15, 0.2) is 66.2 Å². The van der Waals surface area contributed by atoms with Crippen LogP contribution in [0.2, 0.25) is 5.02 Å². The fraction of sp³-hybridized carbons (Fsp3) is 0.303. The van der Waals surface area contributed by atoms with E-state index in [0.29, 0.717) is 63.9 Å². The number of aliphatic hydroxyl groups excluding tert-OH is 1. The maximum Gasteiger partial charge on any atom is 0.301 e. The summed E-state index contributed by atoms with van der Waals surface area (Å²) in [7, 11) is 0. The van der Waals surface area contributed by atoms with Gasteiger partial charge in [-0.05, 0) is 79.9 Å². The minimum absolute atomic E-state index is 0.0494. The second-order valence-corrected chi connectivity index (χ2v) is 11.4. The molecule has 4 aromatic rings. The van der Waals surface area contributed by atoms with Gasteiger partial charge >= 0.3 is 5.91 Å². The van der Waals surface area contributed by atoms with E-state index in [9.17, 15) is 14.7 Å². The second kappa shape index (κ2) is 13.5. The van der Waals surface area contributed by atoms with E-state index in [1.165, 1.54) is 16.2 Å². The lowest BCUT2D eigenvalue weighted by atomic mass is 9.95. The van der Waals surface area contributed by atoms with Gasteiger partial charge in [-0.3, -0.25) is 14.5 Å². The molecule has 0 spiro atoms. The highest BCUT2D eigenvalue weighted by Gasteiger charge is 2.48. The number of carbonyl (C=O) groups is 2. The number of thiazole rings is 1. The second-order valence-electron chi connectivity index (χ2n) is 9.99. The predicted octanol–water partition coefficient (Wildman–Crippen LogP) is 7.94. The SMILES string of the molecule is CCCCOc1ccc(C2/C(=C(\O)c3ccc(OCCC)cc3)C(=O)C(=O)N2c2nc3ccc(Cl)cc3s2)cc1OCC. The number of hydrogen-bond acceptors (Lipinski definition) is 8.